The molecule has 0 fully saturated rings. The van der Waals surface area contributed by atoms with Crippen molar-refractivity contribution in [3.05, 3.63) is 186 Å². The molecular formula is C52H39NO. The van der Waals surface area contributed by atoms with Gasteiger partial charge in [0.1, 0.15) is 11.2 Å². The molecule has 0 atom stereocenters. The summed E-state index contributed by atoms with van der Waals surface area (Å²) in [6, 6.07) is 60.4. The van der Waals surface area contributed by atoms with Crippen molar-refractivity contribution in [2.75, 3.05) is 4.90 Å². The van der Waals surface area contributed by atoms with Crippen LogP contribution in [0.2, 0.25) is 0 Å². The van der Waals surface area contributed by atoms with Crippen molar-refractivity contribution < 1.29 is 4.42 Å². The minimum Gasteiger partial charge on any atom is -0.455 e. The lowest BCUT2D eigenvalue weighted by molar-refractivity contribution is 0.645. The zero-order valence-electron chi connectivity index (χ0n) is 30.9. The van der Waals surface area contributed by atoms with Crippen molar-refractivity contribution in [3.63, 3.8) is 0 Å². The molecule has 2 heteroatoms. The van der Waals surface area contributed by atoms with Gasteiger partial charge >= 0.3 is 0 Å². The molecule has 1 aromatic heterocycles. The van der Waals surface area contributed by atoms with E-state index in [9.17, 15) is 0 Å². The minimum absolute atomic E-state index is 0.113. The molecule has 2 aliphatic rings. The lowest BCUT2D eigenvalue weighted by atomic mass is 9.67. The first-order valence-electron chi connectivity index (χ1n) is 19.0. The summed E-state index contributed by atoms with van der Waals surface area (Å²) in [5.41, 5.74) is 17.9. The van der Waals surface area contributed by atoms with Crippen LogP contribution < -0.4 is 4.90 Å². The third kappa shape index (κ3) is 4.23. The lowest BCUT2D eigenvalue weighted by Crippen LogP contribution is -2.24. The fourth-order valence-electron chi connectivity index (χ4n) is 9.77. The van der Waals surface area contributed by atoms with Crippen molar-refractivity contribution in [2.24, 2.45) is 0 Å². The van der Waals surface area contributed by atoms with Crippen molar-refractivity contribution in [1.29, 1.82) is 0 Å². The van der Waals surface area contributed by atoms with Gasteiger partial charge in [-0.2, -0.15) is 0 Å². The third-order valence-corrected chi connectivity index (χ3v) is 12.5. The molecule has 8 aromatic carbocycles. The summed E-state index contributed by atoms with van der Waals surface area (Å²) >= 11 is 0. The Kier molecular flexibility index (Phi) is 6.39. The number of nitrogens with zero attached hydrogens (tertiary/aromatic N) is 1. The van der Waals surface area contributed by atoms with Crippen LogP contribution in [0.3, 0.4) is 0 Å². The number of hydrogen-bond acceptors (Lipinski definition) is 2. The molecule has 9 aromatic rings. The fraction of sp³-hybridized carbons (Fsp3) is 0.115. The third-order valence-electron chi connectivity index (χ3n) is 12.5. The van der Waals surface area contributed by atoms with Crippen molar-refractivity contribution in [1.82, 2.24) is 0 Å². The van der Waals surface area contributed by atoms with Gasteiger partial charge in [-0.25, -0.2) is 0 Å². The van der Waals surface area contributed by atoms with E-state index in [4.69, 9.17) is 4.42 Å². The van der Waals surface area contributed by atoms with Gasteiger partial charge in [0.2, 0.25) is 0 Å². The van der Waals surface area contributed by atoms with E-state index in [-0.39, 0.29) is 10.8 Å². The summed E-state index contributed by atoms with van der Waals surface area (Å²) in [5, 5.41) is 4.87. The van der Waals surface area contributed by atoms with Crippen LogP contribution in [0, 0.1) is 0 Å². The number of fused-ring (bicyclic) bond motifs is 8. The summed E-state index contributed by atoms with van der Waals surface area (Å²) in [4.78, 5) is 2.49. The topological polar surface area (TPSA) is 16.4 Å². The van der Waals surface area contributed by atoms with E-state index in [1.54, 1.807) is 0 Å². The smallest absolute Gasteiger partial charge is 0.143 e. The maximum Gasteiger partial charge on any atom is 0.143 e. The van der Waals surface area contributed by atoms with Gasteiger partial charge in [-0.05, 0) is 97.7 Å². The highest BCUT2D eigenvalue weighted by molar-refractivity contribution is 6.12. The number of hydrogen-bond donors (Lipinski definition) is 0. The highest BCUT2D eigenvalue weighted by atomic mass is 16.3. The molecule has 1 heterocycles. The second-order valence-corrected chi connectivity index (χ2v) is 16.1. The molecular weight excluding hydrogens is 655 g/mol. The van der Waals surface area contributed by atoms with Crippen LogP contribution in [-0.4, -0.2) is 0 Å². The maximum atomic E-state index is 6.58. The first-order chi connectivity index (χ1) is 26.3. The number of furan rings is 1. The Morgan fingerprint density at radius 2 is 1.13 bits per heavy atom. The number of benzene rings is 8. The zero-order chi connectivity index (χ0) is 36.3. The van der Waals surface area contributed by atoms with Gasteiger partial charge in [-0.1, -0.05) is 149 Å². The van der Waals surface area contributed by atoms with E-state index < -0.39 is 0 Å². The Morgan fingerprint density at radius 3 is 2.02 bits per heavy atom. The SMILES string of the molecule is CC1(C)c2ccccc2-c2ccc(N(c3ccccc3)c3ccc4cccc5c4c3-c3cc(-c4cccc6c4oc4ccccc46)ccc3C5(C)C)cc21. The molecule has 0 saturated carbocycles. The standard InChI is InChI=1S/C52H39NO/c1-51(2)43-28-24-33(36-19-13-20-40-39-18-9-11-23-47(39)54-50(36)40)30-41(43)49-46(29-25-32-14-12-22-44(51)48(32)49)53(34-15-6-5-7-16-34)35-26-27-38-37-17-8-10-21-42(37)52(3,4)45(38)31-35/h5-31H,1-4H3. The molecule has 0 bridgehead atoms. The van der Waals surface area contributed by atoms with Crippen LogP contribution in [0.1, 0.15) is 49.9 Å². The molecule has 2 aliphatic carbocycles. The molecule has 0 unspecified atom stereocenters. The summed E-state index contributed by atoms with van der Waals surface area (Å²) in [6.07, 6.45) is 0. The summed E-state index contributed by atoms with van der Waals surface area (Å²) in [5.74, 6) is 0. The van der Waals surface area contributed by atoms with Gasteiger partial charge in [0.05, 0.1) is 5.69 Å². The van der Waals surface area contributed by atoms with Crippen molar-refractivity contribution in [2.45, 2.75) is 38.5 Å². The average molecular weight is 694 g/mol. The van der Waals surface area contributed by atoms with Crippen LogP contribution >= 0.6 is 0 Å². The molecule has 11 rings (SSSR count). The van der Waals surface area contributed by atoms with E-state index in [2.05, 4.69) is 190 Å². The summed E-state index contributed by atoms with van der Waals surface area (Å²) in [7, 11) is 0. The Balaban J connectivity index is 1.19. The average Bonchev–Trinajstić information content (AvgIpc) is 3.69. The molecule has 0 aliphatic heterocycles. The van der Waals surface area contributed by atoms with Crippen LogP contribution in [0.15, 0.2) is 168 Å². The predicted octanol–water partition coefficient (Wildman–Crippen LogP) is 14.5. The lowest BCUT2D eigenvalue weighted by Gasteiger charge is -2.38. The molecule has 2 nitrogen and oxygen atoms in total. The van der Waals surface area contributed by atoms with Crippen LogP contribution in [0.25, 0.3) is 66.1 Å². The normalized spacial score (nSPS) is 14.6. The van der Waals surface area contributed by atoms with Gasteiger partial charge in [0, 0.05) is 44.1 Å². The Bertz CT molecular complexity index is 3000. The fourth-order valence-corrected chi connectivity index (χ4v) is 9.77. The quantitative estimate of drug-likeness (QED) is 0.182. The van der Waals surface area contributed by atoms with Crippen molar-refractivity contribution >= 4 is 49.8 Å². The highest BCUT2D eigenvalue weighted by Gasteiger charge is 2.38. The number of anilines is 3. The van der Waals surface area contributed by atoms with E-state index in [0.717, 1.165) is 44.4 Å². The Labute approximate surface area is 315 Å². The first-order valence-corrected chi connectivity index (χ1v) is 19.0. The Morgan fingerprint density at radius 1 is 0.444 bits per heavy atom. The van der Waals surface area contributed by atoms with E-state index in [0.29, 0.717) is 0 Å². The minimum atomic E-state index is -0.203. The van der Waals surface area contributed by atoms with Gasteiger partial charge in [-0.15, -0.1) is 0 Å². The number of rotatable bonds is 4. The zero-order valence-corrected chi connectivity index (χ0v) is 30.9. The molecule has 0 spiro atoms. The Hall–Kier alpha value is -6.38. The van der Waals surface area contributed by atoms with Gasteiger partial charge in [0.25, 0.3) is 0 Å². The monoisotopic (exact) mass is 693 g/mol. The maximum absolute atomic E-state index is 6.58. The second-order valence-electron chi connectivity index (χ2n) is 16.1. The summed E-state index contributed by atoms with van der Waals surface area (Å²) in [6.45, 7) is 9.49. The van der Waals surface area contributed by atoms with Gasteiger partial charge in [0.15, 0.2) is 0 Å². The van der Waals surface area contributed by atoms with Crippen LogP contribution in [0.5, 0.6) is 0 Å². The predicted molar refractivity (Wildman–Crippen MR) is 226 cm³/mol. The second kappa shape index (κ2) is 11.1. The molecule has 54 heavy (non-hydrogen) atoms. The van der Waals surface area contributed by atoms with E-state index in [1.807, 2.05) is 6.07 Å². The molecule has 0 radical (unpaired) electrons. The first kappa shape index (κ1) is 31.2. The van der Waals surface area contributed by atoms with Gasteiger partial charge < -0.3 is 9.32 Å². The van der Waals surface area contributed by atoms with Gasteiger partial charge in [-0.3, -0.25) is 0 Å². The molecule has 258 valence electrons. The molecule has 0 amide bonds. The van der Waals surface area contributed by atoms with Crippen molar-refractivity contribution in [3.8, 4) is 33.4 Å². The van der Waals surface area contributed by atoms with E-state index in [1.165, 1.54) is 61.0 Å². The number of para-hydroxylation sites is 3. The largest absolute Gasteiger partial charge is 0.455 e. The van der Waals surface area contributed by atoms with Crippen LogP contribution in [0.4, 0.5) is 17.1 Å². The molecule has 0 saturated heterocycles. The highest BCUT2D eigenvalue weighted by Crippen LogP contribution is 2.56. The summed E-state index contributed by atoms with van der Waals surface area (Å²) < 4.78 is 6.58. The molecule has 0 N–H and O–H groups in total. The van der Waals surface area contributed by atoms with E-state index >= 15 is 0 Å². The van der Waals surface area contributed by atoms with Crippen LogP contribution in [-0.2, 0) is 10.8 Å².